The molecule has 6 nitrogen and oxygen atoms in total. The van der Waals surface area contributed by atoms with Crippen molar-refractivity contribution in [1.29, 1.82) is 0 Å². The maximum absolute atomic E-state index is 12.4. The van der Waals surface area contributed by atoms with E-state index in [0.29, 0.717) is 24.9 Å². The Labute approximate surface area is 134 Å². The van der Waals surface area contributed by atoms with Gasteiger partial charge in [0.15, 0.2) is 0 Å². The molecule has 6 heteroatoms. The number of aliphatic hydroxyl groups is 1. The van der Waals surface area contributed by atoms with Crippen LogP contribution < -0.4 is 5.43 Å². The number of likely N-dealkylation sites (tertiary alicyclic amines) is 1. The lowest BCUT2D eigenvalue weighted by atomic mass is 9.99. The van der Waals surface area contributed by atoms with Crippen LogP contribution >= 0.6 is 0 Å². The number of rotatable bonds is 4. The van der Waals surface area contributed by atoms with Gasteiger partial charge in [-0.05, 0) is 30.9 Å². The molecule has 0 saturated carbocycles. The number of fused-ring (bicyclic) bond motifs is 1. The Morgan fingerprint density at radius 1 is 1.35 bits per heavy atom. The molecule has 1 aromatic heterocycles. The van der Waals surface area contributed by atoms with Gasteiger partial charge in [0, 0.05) is 31.5 Å². The lowest BCUT2D eigenvalue weighted by Crippen LogP contribution is -2.41. The average molecular weight is 315 g/mol. The van der Waals surface area contributed by atoms with Crippen LogP contribution in [0.3, 0.4) is 0 Å². The Kier molecular flexibility index (Phi) is 4.71. The molecule has 1 aliphatic heterocycles. The van der Waals surface area contributed by atoms with Gasteiger partial charge in [-0.3, -0.25) is 14.3 Å². The third-order valence-corrected chi connectivity index (χ3v) is 4.43. The second kappa shape index (κ2) is 6.91. The minimum Gasteiger partial charge on any atom is -0.396 e. The highest BCUT2D eigenvalue weighted by Crippen LogP contribution is 2.17. The van der Waals surface area contributed by atoms with Crippen LogP contribution in [0, 0.1) is 5.92 Å². The number of nitrogens with zero attached hydrogens (tertiary/aromatic N) is 3. The summed E-state index contributed by atoms with van der Waals surface area (Å²) in [5.74, 6) is 0.270. The SMILES string of the molecule is O=C(CCn1ncc(=O)c2ccccc21)N1CCCC(CO)C1. The molecule has 0 spiro atoms. The predicted octanol–water partition coefficient (Wildman–Crippen LogP) is 1.02. The summed E-state index contributed by atoms with van der Waals surface area (Å²) >= 11 is 0. The summed E-state index contributed by atoms with van der Waals surface area (Å²) in [7, 11) is 0. The van der Waals surface area contributed by atoms with Crippen molar-refractivity contribution in [1.82, 2.24) is 14.7 Å². The molecule has 1 atom stereocenters. The normalized spacial score (nSPS) is 18.3. The van der Waals surface area contributed by atoms with Crippen LogP contribution in [0.25, 0.3) is 10.9 Å². The maximum atomic E-state index is 12.4. The lowest BCUT2D eigenvalue weighted by Gasteiger charge is -2.32. The Morgan fingerprint density at radius 2 is 2.17 bits per heavy atom. The smallest absolute Gasteiger partial charge is 0.224 e. The van der Waals surface area contributed by atoms with Gasteiger partial charge in [-0.25, -0.2) is 0 Å². The zero-order valence-corrected chi connectivity index (χ0v) is 13.0. The van der Waals surface area contributed by atoms with Crippen molar-refractivity contribution in [3.63, 3.8) is 0 Å². The van der Waals surface area contributed by atoms with Gasteiger partial charge in [-0.15, -0.1) is 0 Å². The number of benzene rings is 1. The first-order chi connectivity index (χ1) is 11.2. The van der Waals surface area contributed by atoms with Gasteiger partial charge in [0.05, 0.1) is 18.3 Å². The summed E-state index contributed by atoms with van der Waals surface area (Å²) in [5.41, 5.74) is 0.643. The van der Waals surface area contributed by atoms with E-state index in [4.69, 9.17) is 0 Å². The van der Waals surface area contributed by atoms with Crippen molar-refractivity contribution < 1.29 is 9.90 Å². The van der Waals surface area contributed by atoms with Gasteiger partial charge in [0.1, 0.15) is 0 Å². The fourth-order valence-corrected chi connectivity index (χ4v) is 3.14. The monoisotopic (exact) mass is 315 g/mol. The van der Waals surface area contributed by atoms with Gasteiger partial charge < -0.3 is 10.0 Å². The third kappa shape index (κ3) is 3.42. The first-order valence-corrected chi connectivity index (χ1v) is 8.02. The molecular weight excluding hydrogens is 294 g/mol. The highest BCUT2D eigenvalue weighted by atomic mass is 16.3. The second-order valence-electron chi connectivity index (χ2n) is 6.03. The minimum absolute atomic E-state index is 0.0766. The zero-order chi connectivity index (χ0) is 16.2. The van der Waals surface area contributed by atoms with E-state index in [-0.39, 0.29) is 23.9 Å². The standard InChI is InChI=1S/C17H21N3O3/c21-12-13-4-3-8-19(11-13)17(23)7-9-20-15-6-2-1-5-14(15)16(22)10-18-20/h1-2,5-6,10,13,21H,3-4,7-9,11-12H2. The van der Waals surface area contributed by atoms with Crippen LogP contribution in [-0.4, -0.2) is 45.4 Å². The predicted molar refractivity (Wildman–Crippen MR) is 87.0 cm³/mol. The molecule has 1 amide bonds. The Bertz CT molecular complexity index is 756. The summed E-state index contributed by atoms with van der Waals surface area (Å²) in [4.78, 5) is 26.0. The van der Waals surface area contributed by atoms with Crippen LogP contribution in [0.15, 0.2) is 35.3 Å². The number of amides is 1. The fourth-order valence-electron chi connectivity index (χ4n) is 3.14. The number of aryl methyl sites for hydroxylation is 1. The van der Waals surface area contributed by atoms with E-state index in [1.54, 1.807) is 10.7 Å². The van der Waals surface area contributed by atoms with Crippen LogP contribution in [0.5, 0.6) is 0 Å². The van der Waals surface area contributed by atoms with Crippen molar-refractivity contribution >= 4 is 16.8 Å². The quantitative estimate of drug-likeness (QED) is 0.914. The Hall–Kier alpha value is -2.21. The summed E-state index contributed by atoms with van der Waals surface area (Å²) < 4.78 is 1.71. The average Bonchev–Trinajstić information content (AvgIpc) is 2.61. The second-order valence-corrected chi connectivity index (χ2v) is 6.03. The van der Waals surface area contributed by atoms with Crippen LogP contribution in [0.4, 0.5) is 0 Å². The molecule has 0 aliphatic carbocycles. The molecule has 122 valence electrons. The van der Waals surface area contributed by atoms with Crippen LogP contribution in [0.2, 0.25) is 0 Å². The van der Waals surface area contributed by atoms with E-state index >= 15 is 0 Å². The van der Waals surface area contributed by atoms with Crippen molar-refractivity contribution in [2.75, 3.05) is 19.7 Å². The number of hydrogen-bond acceptors (Lipinski definition) is 4. The molecule has 2 aromatic rings. The molecule has 0 radical (unpaired) electrons. The van der Waals surface area contributed by atoms with Crippen molar-refractivity contribution in [2.24, 2.45) is 5.92 Å². The number of para-hydroxylation sites is 1. The lowest BCUT2D eigenvalue weighted by molar-refractivity contribution is -0.133. The molecule has 23 heavy (non-hydrogen) atoms. The Morgan fingerprint density at radius 3 is 3.00 bits per heavy atom. The topological polar surface area (TPSA) is 75.4 Å². The first kappa shape index (κ1) is 15.7. The summed E-state index contributed by atoms with van der Waals surface area (Å²) in [6.45, 7) is 1.97. The molecule has 0 bridgehead atoms. The molecular formula is C17H21N3O3. The summed E-state index contributed by atoms with van der Waals surface area (Å²) in [6.07, 6.45) is 3.57. The summed E-state index contributed by atoms with van der Waals surface area (Å²) in [5, 5.41) is 14.0. The molecule has 1 aliphatic rings. The highest BCUT2D eigenvalue weighted by Gasteiger charge is 2.22. The first-order valence-electron chi connectivity index (χ1n) is 8.02. The maximum Gasteiger partial charge on any atom is 0.224 e. The minimum atomic E-state index is -0.106. The van der Waals surface area contributed by atoms with E-state index in [1.807, 2.05) is 23.1 Å². The van der Waals surface area contributed by atoms with Crippen molar-refractivity contribution in [3.05, 3.63) is 40.7 Å². The number of carbonyl (C=O) groups is 1. The molecule has 3 rings (SSSR count). The third-order valence-electron chi connectivity index (χ3n) is 4.43. The molecule has 2 heterocycles. The van der Waals surface area contributed by atoms with Crippen LogP contribution in [0.1, 0.15) is 19.3 Å². The van der Waals surface area contributed by atoms with Gasteiger partial charge in [0.2, 0.25) is 11.3 Å². The van der Waals surface area contributed by atoms with E-state index < -0.39 is 0 Å². The van der Waals surface area contributed by atoms with Crippen molar-refractivity contribution in [2.45, 2.75) is 25.8 Å². The molecule has 1 saturated heterocycles. The fraction of sp³-hybridized carbons (Fsp3) is 0.471. The van der Waals surface area contributed by atoms with Crippen molar-refractivity contribution in [3.8, 4) is 0 Å². The number of hydrogen-bond donors (Lipinski definition) is 1. The Balaban J connectivity index is 1.70. The highest BCUT2D eigenvalue weighted by molar-refractivity contribution is 5.79. The molecule has 1 fully saturated rings. The molecule has 1 unspecified atom stereocenters. The largest absolute Gasteiger partial charge is 0.396 e. The van der Waals surface area contributed by atoms with Gasteiger partial charge in [-0.1, -0.05) is 12.1 Å². The number of aromatic nitrogens is 2. The van der Waals surface area contributed by atoms with E-state index in [2.05, 4.69) is 5.10 Å². The van der Waals surface area contributed by atoms with Crippen LogP contribution in [-0.2, 0) is 11.3 Å². The summed E-state index contributed by atoms with van der Waals surface area (Å²) in [6, 6.07) is 7.30. The van der Waals surface area contributed by atoms with Gasteiger partial charge in [-0.2, -0.15) is 5.10 Å². The van der Waals surface area contributed by atoms with E-state index in [9.17, 15) is 14.7 Å². The van der Waals surface area contributed by atoms with E-state index in [1.165, 1.54) is 6.20 Å². The molecule has 1 aromatic carbocycles. The van der Waals surface area contributed by atoms with Gasteiger partial charge >= 0.3 is 0 Å². The molecule has 1 N–H and O–H groups in total. The number of piperidine rings is 1. The zero-order valence-electron chi connectivity index (χ0n) is 13.0. The number of carbonyl (C=O) groups excluding carboxylic acids is 1. The number of aliphatic hydroxyl groups excluding tert-OH is 1. The van der Waals surface area contributed by atoms with E-state index in [0.717, 1.165) is 24.9 Å². The van der Waals surface area contributed by atoms with Gasteiger partial charge in [0.25, 0.3) is 0 Å².